The minimum atomic E-state index is -0.324. The van der Waals surface area contributed by atoms with Crippen LogP contribution in [0.15, 0.2) is 18.2 Å². The van der Waals surface area contributed by atoms with E-state index >= 15 is 0 Å². The SMILES string of the molecule is Cc1ccc(C)c(CC(O)CNC(C)(C)C)c1. The molecule has 0 heterocycles. The fraction of sp³-hybridized carbons (Fsp3) is 0.600. The van der Waals surface area contributed by atoms with Crippen LogP contribution >= 0.6 is 0 Å². The molecule has 96 valence electrons. The first kappa shape index (κ1) is 14.2. The lowest BCUT2D eigenvalue weighted by Crippen LogP contribution is -2.41. The molecule has 0 aromatic heterocycles. The highest BCUT2D eigenvalue weighted by molar-refractivity contribution is 5.30. The van der Waals surface area contributed by atoms with Crippen molar-refractivity contribution in [3.8, 4) is 0 Å². The van der Waals surface area contributed by atoms with E-state index in [2.05, 4.69) is 58.1 Å². The third-order valence-electron chi connectivity index (χ3n) is 2.83. The minimum absolute atomic E-state index is 0.0582. The summed E-state index contributed by atoms with van der Waals surface area (Å²) in [5.74, 6) is 0. The first-order valence-electron chi connectivity index (χ1n) is 6.27. The quantitative estimate of drug-likeness (QED) is 0.841. The van der Waals surface area contributed by atoms with Gasteiger partial charge in [0, 0.05) is 12.1 Å². The first-order valence-corrected chi connectivity index (χ1v) is 6.27. The van der Waals surface area contributed by atoms with E-state index in [0.717, 1.165) is 6.42 Å². The van der Waals surface area contributed by atoms with Gasteiger partial charge in [0.2, 0.25) is 0 Å². The van der Waals surface area contributed by atoms with E-state index in [-0.39, 0.29) is 11.6 Å². The molecule has 0 saturated heterocycles. The summed E-state index contributed by atoms with van der Waals surface area (Å²) in [6.45, 7) is 11.1. The Morgan fingerprint density at radius 3 is 2.47 bits per heavy atom. The van der Waals surface area contributed by atoms with E-state index in [9.17, 15) is 5.11 Å². The Hall–Kier alpha value is -0.860. The first-order chi connectivity index (χ1) is 7.78. The molecule has 0 amide bonds. The number of rotatable bonds is 4. The van der Waals surface area contributed by atoms with Gasteiger partial charge in [-0.1, -0.05) is 23.8 Å². The van der Waals surface area contributed by atoms with Crippen LogP contribution in [0.1, 0.15) is 37.5 Å². The molecule has 1 atom stereocenters. The fourth-order valence-corrected chi connectivity index (χ4v) is 1.77. The van der Waals surface area contributed by atoms with Gasteiger partial charge >= 0.3 is 0 Å². The second-order valence-corrected chi connectivity index (χ2v) is 5.92. The summed E-state index contributed by atoms with van der Waals surface area (Å²) in [6.07, 6.45) is 0.395. The van der Waals surface area contributed by atoms with Gasteiger partial charge in [-0.3, -0.25) is 0 Å². The van der Waals surface area contributed by atoms with Gasteiger partial charge in [-0.2, -0.15) is 0 Å². The maximum Gasteiger partial charge on any atom is 0.0705 e. The van der Waals surface area contributed by atoms with Crippen molar-refractivity contribution in [2.75, 3.05) is 6.54 Å². The fourth-order valence-electron chi connectivity index (χ4n) is 1.77. The van der Waals surface area contributed by atoms with Crippen molar-refractivity contribution in [1.29, 1.82) is 0 Å². The maximum atomic E-state index is 10.0. The molecule has 1 rings (SSSR count). The Bertz CT molecular complexity index is 366. The molecular weight excluding hydrogens is 210 g/mol. The molecule has 1 aromatic rings. The Labute approximate surface area is 105 Å². The molecule has 0 spiro atoms. The van der Waals surface area contributed by atoms with E-state index < -0.39 is 0 Å². The lowest BCUT2D eigenvalue weighted by molar-refractivity contribution is 0.161. The normalized spacial score (nSPS) is 13.8. The summed E-state index contributed by atoms with van der Waals surface area (Å²) in [5.41, 5.74) is 3.81. The number of aryl methyl sites for hydroxylation is 2. The highest BCUT2D eigenvalue weighted by Crippen LogP contribution is 2.13. The summed E-state index contributed by atoms with van der Waals surface area (Å²) in [6, 6.07) is 6.39. The summed E-state index contributed by atoms with van der Waals surface area (Å²) >= 11 is 0. The molecular formula is C15H25NO. The molecule has 2 nitrogen and oxygen atoms in total. The van der Waals surface area contributed by atoms with Crippen molar-refractivity contribution in [2.45, 2.75) is 52.7 Å². The molecule has 0 fully saturated rings. The lowest BCUT2D eigenvalue weighted by Gasteiger charge is -2.23. The third kappa shape index (κ3) is 5.33. The summed E-state index contributed by atoms with van der Waals surface area (Å²) in [5, 5.41) is 13.3. The Morgan fingerprint density at radius 2 is 1.88 bits per heavy atom. The molecule has 1 unspecified atom stereocenters. The zero-order valence-corrected chi connectivity index (χ0v) is 11.7. The largest absolute Gasteiger partial charge is 0.391 e. The highest BCUT2D eigenvalue weighted by atomic mass is 16.3. The van der Waals surface area contributed by atoms with E-state index in [4.69, 9.17) is 0 Å². The smallest absolute Gasteiger partial charge is 0.0705 e. The van der Waals surface area contributed by atoms with Gasteiger partial charge < -0.3 is 10.4 Å². The molecule has 2 heteroatoms. The molecule has 2 N–H and O–H groups in total. The van der Waals surface area contributed by atoms with Crippen molar-refractivity contribution in [2.24, 2.45) is 0 Å². The number of hydrogen-bond donors (Lipinski definition) is 2. The number of β-amino-alcohol motifs (C(OH)–C–C–N with tert-alkyl or cyclic N) is 1. The third-order valence-corrected chi connectivity index (χ3v) is 2.83. The number of aliphatic hydroxyl groups excluding tert-OH is 1. The second-order valence-electron chi connectivity index (χ2n) is 5.92. The van der Waals surface area contributed by atoms with Crippen molar-refractivity contribution in [3.63, 3.8) is 0 Å². The predicted octanol–water partition coefficient (Wildman–Crippen LogP) is 2.59. The van der Waals surface area contributed by atoms with Gasteiger partial charge in [0.25, 0.3) is 0 Å². The van der Waals surface area contributed by atoms with Gasteiger partial charge in [0.1, 0.15) is 0 Å². The second kappa shape index (κ2) is 5.65. The topological polar surface area (TPSA) is 32.3 Å². The molecule has 0 radical (unpaired) electrons. The maximum absolute atomic E-state index is 10.0. The van der Waals surface area contributed by atoms with Crippen molar-refractivity contribution in [3.05, 3.63) is 34.9 Å². The average Bonchev–Trinajstić information content (AvgIpc) is 2.20. The Balaban J connectivity index is 2.56. The van der Waals surface area contributed by atoms with Crippen LogP contribution in [0.5, 0.6) is 0 Å². The van der Waals surface area contributed by atoms with E-state index in [1.807, 2.05) is 0 Å². The molecule has 0 bridgehead atoms. The number of benzene rings is 1. The number of hydrogen-bond acceptors (Lipinski definition) is 2. The van der Waals surface area contributed by atoms with E-state index in [1.165, 1.54) is 16.7 Å². The summed E-state index contributed by atoms with van der Waals surface area (Å²) in [4.78, 5) is 0. The molecule has 17 heavy (non-hydrogen) atoms. The lowest BCUT2D eigenvalue weighted by atomic mass is 9.99. The van der Waals surface area contributed by atoms with Crippen molar-refractivity contribution in [1.82, 2.24) is 5.32 Å². The molecule has 1 aromatic carbocycles. The Morgan fingerprint density at radius 1 is 1.24 bits per heavy atom. The van der Waals surface area contributed by atoms with E-state index in [0.29, 0.717) is 6.54 Å². The molecule has 0 aliphatic rings. The summed E-state index contributed by atoms with van der Waals surface area (Å²) < 4.78 is 0. The van der Waals surface area contributed by atoms with Crippen LogP contribution in [-0.4, -0.2) is 23.3 Å². The Kier molecular flexibility index (Phi) is 4.72. The van der Waals surface area contributed by atoms with Gasteiger partial charge in [0.05, 0.1) is 6.10 Å². The monoisotopic (exact) mass is 235 g/mol. The van der Waals surface area contributed by atoms with E-state index in [1.54, 1.807) is 0 Å². The zero-order chi connectivity index (χ0) is 13.1. The van der Waals surface area contributed by atoms with Crippen molar-refractivity contribution < 1.29 is 5.11 Å². The predicted molar refractivity (Wildman–Crippen MR) is 73.4 cm³/mol. The van der Waals surface area contributed by atoms with Gasteiger partial charge in [-0.15, -0.1) is 0 Å². The average molecular weight is 235 g/mol. The van der Waals surface area contributed by atoms with Crippen molar-refractivity contribution >= 4 is 0 Å². The van der Waals surface area contributed by atoms with Crippen LogP contribution in [0, 0.1) is 13.8 Å². The highest BCUT2D eigenvalue weighted by Gasteiger charge is 2.13. The van der Waals surface area contributed by atoms with Crippen LogP contribution in [-0.2, 0) is 6.42 Å². The van der Waals surface area contributed by atoms with Crippen LogP contribution in [0.3, 0.4) is 0 Å². The molecule has 0 saturated carbocycles. The number of nitrogens with one attached hydrogen (secondary N) is 1. The van der Waals surface area contributed by atoms with Crippen LogP contribution in [0.4, 0.5) is 0 Å². The number of aliphatic hydroxyl groups is 1. The standard InChI is InChI=1S/C15H25NO/c1-11-6-7-12(2)13(8-11)9-14(17)10-16-15(3,4)5/h6-8,14,16-17H,9-10H2,1-5H3. The molecule has 0 aliphatic heterocycles. The summed E-state index contributed by atoms with van der Waals surface area (Å²) in [7, 11) is 0. The van der Waals surface area contributed by atoms with Crippen LogP contribution in [0.25, 0.3) is 0 Å². The van der Waals surface area contributed by atoms with Gasteiger partial charge in [-0.25, -0.2) is 0 Å². The molecule has 0 aliphatic carbocycles. The minimum Gasteiger partial charge on any atom is -0.391 e. The van der Waals surface area contributed by atoms with Gasteiger partial charge in [-0.05, 0) is 52.2 Å². The van der Waals surface area contributed by atoms with Crippen LogP contribution < -0.4 is 5.32 Å². The van der Waals surface area contributed by atoms with Crippen LogP contribution in [0.2, 0.25) is 0 Å². The van der Waals surface area contributed by atoms with Gasteiger partial charge in [0.15, 0.2) is 0 Å². The zero-order valence-electron chi connectivity index (χ0n) is 11.7.